The molecule has 1 heteroatoms. The smallest absolute Gasteiger partial charge is 0.0405 e. The molecule has 0 fully saturated rings. The number of rotatable bonds is 4. The third-order valence-electron chi connectivity index (χ3n) is 4.67. The number of hydrogen-bond donors (Lipinski definition) is 0. The lowest BCUT2D eigenvalue weighted by atomic mass is 9.98. The van der Waals surface area contributed by atoms with Gasteiger partial charge in [0.15, 0.2) is 0 Å². The van der Waals surface area contributed by atoms with Crippen LogP contribution in [-0.4, -0.2) is 6.21 Å². The number of allylic oxidation sites excluding steroid dienone is 7. The third-order valence-corrected chi connectivity index (χ3v) is 4.67. The van der Waals surface area contributed by atoms with E-state index in [1.165, 1.54) is 27.8 Å². The van der Waals surface area contributed by atoms with Crippen molar-refractivity contribution in [3.05, 3.63) is 107 Å². The van der Waals surface area contributed by atoms with Crippen molar-refractivity contribution < 1.29 is 0 Å². The standard InChI is InChI=1S/C14H18.C13H13N.C2H6/c1-4-9-12(3)14(5-2)13-10-7-6-8-11-13;1-2-13-10-12(8-9-14-13)11-6-4-3-5-7-11;1-2/h5-11H,4H2,1-3H3;2-9H,10H2,1H3;1-2H3/b12-9+,14-5+;13-2-;. The lowest BCUT2D eigenvalue weighted by molar-refractivity contribution is 1.16. The average molecular weight is 400 g/mol. The van der Waals surface area contributed by atoms with Gasteiger partial charge in [-0.1, -0.05) is 99.7 Å². The molecule has 158 valence electrons. The molecule has 0 unspecified atom stereocenters. The van der Waals surface area contributed by atoms with Crippen LogP contribution in [0, 0.1) is 0 Å². The summed E-state index contributed by atoms with van der Waals surface area (Å²) in [5.74, 6) is 0. The van der Waals surface area contributed by atoms with Gasteiger partial charge in [0, 0.05) is 18.3 Å². The van der Waals surface area contributed by atoms with Gasteiger partial charge < -0.3 is 0 Å². The Balaban J connectivity index is 0.000000277. The Labute approximate surface area is 184 Å². The second-order valence-corrected chi connectivity index (χ2v) is 6.66. The highest BCUT2D eigenvalue weighted by Gasteiger charge is 2.06. The SMILES string of the molecule is C/C=C(\C(C)=C\CC)c1ccccc1.C/C=C1/CC(c2ccccc2)=CC=N1.CC. The van der Waals surface area contributed by atoms with Gasteiger partial charge in [0.1, 0.15) is 0 Å². The van der Waals surface area contributed by atoms with Gasteiger partial charge in [0.2, 0.25) is 0 Å². The molecule has 0 amide bonds. The second kappa shape index (κ2) is 15.0. The van der Waals surface area contributed by atoms with Crippen molar-refractivity contribution in [3.63, 3.8) is 0 Å². The normalized spacial score (nSPS) is 14.9. The molecule has 0 saturated carbocycles. The zero-order valence-corrected chi connectivity index (χ0v) is 19.5. The first-order valence-electron chi connectivity index (χ1n) is 11.0. The Hall–Kier alpha value is -2.93. The van der Waals surface area contributed by atoms with E-state index in [2.05, 4.69) is 105 Å². The molecule has 2 aromatic carbocycles. The average Bonchev–Trinajstić information content (AvgIpc) is 2.83. The summed E-state index contributed by atoms with van der Waals surface area (Å²) in [5, 5.41) is 0. The summed E-state index contributed by atoms with van der Waals surface area (Å²) in [6.07, 6.45) is 12.5. The molecule has 0 saturated heterocycles. The van der Waals surface area contributed by atoms with Gasteiger partial charge in [0.25, 0.3) is 0 Å². The Morgan fingerprint density at radius 1 is 0.933 bits per heavy atom. The number of benzene rings is 2. The van der Waals surface area contributed by atoms with E-state index >= 15 is 0 Å². The monoisotopic (exact) mass is 399 g/mol. The molecule has 0 radical (unpaired) electrons. The maximum atomic E-state index is 4.28. The minimum absolute atomic E-state index is 0.941. The van der Waals surface area contributed by atoms with Crippen molar-refractivity contribution in [2.45, 2.75) is 54.4 Å². The van der Waals surface area contributed by atoms with Crippen molar-refractivity contribution >= 4 is 17.4 Å². The fourth-order valence-corrected chi connectivity index (χ4v) is 3.21. The highest BCUT2D eigenvalue weighted by atomic mass is 14.7. The third kappa shape index (κ3) is 8.21. The van der Waals surface area contributed by atoms with Gasteiger partial charge in [-0.05, 0) is 61.1 Å². The molecule has 1 aliphatic rings. The largest absolute Gasteiger partial charge is 0.261 e. The maximum Gasteiger partial charge on any atom is 0.0405 e. The van der Waals surface area contributed by atoms with E-state index in [1.54, 1.807) is 0 Å². The lowest BCUT2D eigenvalue weighted by Crippen LogP contribution is -1.92. The molecule has 0 N–H and O–H groups in total. The van der Waals surface area contributed by atoms with E-state index < -0.39 is 0 Å². The van der Waals surface area contributed by atoms with Crippen LogP contribution in [0.4, 0.5) is 0 Å². The number of hydrogen-bond acceptors (Lipinski definition) is 1. The predicted molar refractivity (Wildman–Crippen MR) is 137 cm³/mol. The van der Waals surface area contributed by atoms with Crippen molar-refractivity contribution in [1.29, 1.82) is 0 Å². The van der Waals surface area contributed by atoms with E-state index in [4.69, 9.17) is 0 Å². The second-order valence-electron chi connectivity index (χ2n) is 6.66. The molecule has 0 aromatic heterocycles. The van der Waals surface area contributed by atoms with E-state index in [-0.39, 0.29) is 0 Å². The maximum absolute atomic E-state index is 4.28. The summed E-state index contributed by atoms with van der Waals surface area (Å²) < 4.78 is 0. The predicted octanol–water partition coefficient (Wildman–Crippen LogP) is 8.92. The molecule has 1 nitrogen and oxygen atoms in total. The van der Waals surface area contributed by atoms with Crippen LogP contribution in [0.5, 0.6) is 0 Å². The molecule has 3 rings (SSSR count). The first-order chi connectivity index (χ1) is 14.7. The molecule has 0 bridgehead atoms. The zero-order chi connectivity index (χ0) is 22.2. The van der Waals surface area contributed by atoms with E-state index in [0.29, 0.717) is 0 Å². The van der Waals surface area contributed by atoms with Gasteiger partial charge >= 0.3 is 0 Å². The van der Waals surface area contributed by atoms with Gasteiger partial charge in [0.05, 0.1) is 0 Å². The van der Waals surface area contributed by atoms with Crippen LogP contribution in [0.25, 0.3) is 11.1 Å². The number of nitrogens with zero attached hydrogens (tertiary/aromatic N) is 1. The van der Waals surface area contributed by atoms with Crippen molar-refractivity contribution in [1.82, 2.24) is 0 Å². The molecule has 0 atom stereocenters. The Kier molecular flexibility index (Phi) is 12.5. The van der Waals surface area contributed by atoms with E-state index in [0.717, 1.165) is 18.5 Å². The summed E-state index contributed by atoms with van der Waals surface area (Å²) in [5.41, 5.74) is 7.78. The van der Waals surface area contributed by atoms with Gasteiger partial charge in [-0.25, -0.2) is 0 Å². The van der Waals surface area contributed by atoms with Crippen molar-refractivity contribution in [2.75, 3.05) is 0 Å². The molecule has 0 aliphatic carbocycles. The molecule has 30 heavy (non-hydrogen) atoms. The highest BCUT2D eigenvalue weighted by Crippen LogP contribution is 2.25. The van der Waals surface area contributed by atoms with Crippen LogP contribution in [-0.2, 0) is 0 Å². The van der Waals surface area contributed by atoms with Gasteiger partial charge in [-0.2, -0.15) is 0 Å². The molecule has 1 aliphatic heterocycles. The van der Waals surface area contributed by atoms with Crippen LogP contribution in [0.15, 0.2) is 101 Å². The Bertz CT molecular complexity index is 878. The summed E-state index contributed by atoms with van der Waals surface area (Å²) in [6.45, 7) is 12.5. The summed E-state index contributed by atoms with van der Waals surface area (Å²) in [4.78, 5) is 4.28. The van der Waals surface area contributed by atoms with Crippen LogP contribution >= 0.6 is 0 Å². The van der Waals surface area contributed by atoms with Crippen LogP contribution in [0.2, 0.25) is 0 Å². The highest BCUT2D eigenvalue weighted by molar-refractivity contribution is 5.88. The number of aliphatic imine (C=N–C) groups is 1. The molecule has 1 heterocycles. The van der Waals surface area contributed by atoms with Crippen molar-refractivity contribution in [2.24, 2.45) is 4.99 Å². The quantitative estimate of drug-likeness (QED) is 0.455. The van der Waals surface area contributed by atoms with Crippen LogP contribution in [0.1, 0.15) is 65.5 Å². The lowest BCUT2D eigenvalue weighted by Gasteiger charge is -2.10. The first-order valence-corrected chi connectivity index (χ1v) is 11.0. The molecular formula is C29H37N. The van der Waals surface area contributed by atoms with E-state index in [9.17, 15) is 0 Å². The Morgan fingerprint density at radius 3 is 2.07 bits per heavy atom. The van der Waals surface area contributed by atoms with E-state index in [1.807, 2.05) is 33.1 Å². The van der Waals surface area contributed by atoms with Crippen LogP contribution < -0.4 is 0 Å². The Morgan fingerprint density at radius 2 is 1.53 bits per heavy atom. The summed E-state index contributed by atoms with van der Waals surface area (Å²) in [6, 6.07) is 21.0. The number of dihydropyridines is 1. The summed E-state index contributed by atoms with van der Waals surface area (Å²) >= 11 is 0. The fraction of sp³-hybridized carbons (Fsp3) is 0.276. The first kappa shape index (κ1) is 25.1. The van der Waals surface area contributed by atoms with Crippen molar-refractivity contribution in [3.8, 4) is 0 Å². The molecule has 2 aromatic rings. The minimum Gasteiger partial charge on any atom is -0.261 e. The fourth-order valence-electron chi connectivity index (χ4n) is 3.21. The minimum atomic E-state index is 0.941. The molecular weight excluding hydrogens is 362 g/mol. The topological polar surface area (TPSA) is 12.4 Å². The summed E-state index contributed by atoms with van der Waals surface area (Å²) in [7, 11) is 0. The van der Waals surface area contributed by atoms with Crippen LogP contribution in [0.3, 0.4) is 0 Å². The molecule has 0 spiro atoms. The van der Waals surface area contributed by atoms with Gasteiger partial charge in [-0.3, -0.25) is 4.99 Å². The zero-order valence-electron chi connectivity index (χ0n) is 19.5. The van der Waals surface area contributed by atoms with Gasteiger partial charge in [-0.15, -0.1) is 0 Å².